The summed E-state index contributed by atoms with van der Waals surface area (Å²) in [6, 6.07) is 0. The number of ether oxygens (including phenoxy) is 2. The van der Waals surface area contributed by atoms with Crippen LogP contribution in [0, 0.1) is 5.41 Å². The molecule has 0 aliphatic heterocycles. The van der Waals surface area contributed by atoms with Crippen LogP contribution in [0.1, 0.15) is 19.3 Å². The Bertz CT molecular complexity index is 211. The Morgan fingerprint density at radius 1 is 1.33 bits per heavy atom. The minimum atomic E-state index is -0.130. The normalized spacial score (nSPS) is 10.8. The molecule has 86 valence electrons. The third-order valence-corrected chi connectivity index (χ3v) is 2.37. The van der Waals surface area contributed by atoms with Gasteiger partial charge in [0.15, 0.2) is 0 Å². The molecule has 0 aromatic heterocycles. The van der Waals surface area contributed by atoms with E-state index in [4.69, 9.17) is 9.47 Å². The summed E-state index contributed by atoms with van der Waals surface area (Å²) in [5.74, 6) is 0. The molecule has 0 aliphatic rings. The Morgan fingerprint density at radius 3 is 2.33 bits per heavy atom. The van der Waals surface area contributed by atoms with Gasteiger partial charge in [0.05, 0.1) is 13.2 Å². The van der Waals surface area contributed by atoms with E-state index in [-0.39, 0.29) is 5.41 Å². The fourth-order valence-electron chi connectivity index (χ4n) is 1.67. The monoisotopic (exact) mass is 212 g/mol. The van der Waals surface area contributed by atoms with Gasteiger partial charge in [0.25, 0.3) is 0 Å². The molecule has 0 saturated heterocycles. The lowest BCUT2D eigenvalue weighted by molar-refractivity contribution is -0.108. The lowest BCUT2D eigenvalue weighted by Gasteiger charge is -2.30. The van der Waals surface area contributed by atoms with Gasteiger partial charge in [-0.1, -0.05) is 6.58 Å². The zero-order valence-electron chi connectivity index (χ0n) is 9.62. The topological polar surface area (TPSA) is 35.5 Å². The second kappa shape index (κ2) is 8.42. The Kier molecular flexibility index (Phi) is 7.92. The fourth-order valence-corrected chi connectivity index (χ4v) is 1.67. The summed E-state index contributed by atoms with van der Waals surface area (Å²) in [4.78, 5) is 10.4. The molecule has 0 atom stereocenters. The molecule has 0 spiro atoms. The molecule has 15 heavy (non-hydrogen) atoms. The second-order valence-corrected chi connectivity index (χ2v) is 3.68. The minimum absolute atomic E-state index is 0.130. The highest BCUT2D eigenvalue weighted by atomic mass is 16.5. The van der Waals surface area contributed by atoms with E-state index in [1.54, 1.807) is 14.2 Å². The molecule has 0 aromatic carbocycles. The maximum absolute atomic E-state index is 10.4. The first-order chi connectivity index (χ1) is 7.24. The van der Waals surface area contributed by atoms with Gasteiger partial charge in [-0.2, -0.15) is 0 Å². The van der Waals surface area contributed by atoms with Gasteiger partial charge in [0.2, 0.25) is 0 Å². The van der Waals surface area contributed by atoms with E-state index in [1.165, 1.54) is 0 Å². The summed E-state index contributed by atoms with van der Waals surface area (Å²) in [5, 5.41) is 0. The van der Waals surface area contributed by atoms with Crippen LogP contribution in [0.4, 0.5) is 0 Å². The van der Waals surface area contributed by atoms with Gasteiger partial charge in [0.1, 0.15) is 6.29 Å². The van der Waals surface area contributed by atoms with Crippen molar-refractivity contribution in [3.8, 4) is 0 Å². The van der Waals surface area contributed by atoms with E-state index in [0.717, 1.165) is 19.1 Å². The molecule has 0 heterocycles. The minimum Gasteiger partial charge on any atom is -0.384 e. The summed E-state index contributed by atoms with van der Waals surface area (Å²) in [6.07, 6.45) is 4.85. The van der Waals surface area contributed by atoms with Crippen LogP contribution in [0.2, 0.25) is 0 Å². The van der Waals surface area contributed by atoms with Crippen molar-refractivity contribution in [2.24, 2.45) is 5.41 Å². The highest BCUT2D eigenvalue weighted by molar-refractivity contribution is 5.49. The van der Waals surface area contributed by atoms with Crippen LogP contribution in [-0.2, 0) is 14.3 Å². The van der Waals surface area contributed by atoms with Crippen LogP contribution in [-0.4, -0.2) is 33.7 Å². The average Bonchev–Trinajstić information content (AvgIpc) is 2.24. The van der Waals surface area contributed by atoms with Crippen LogP contribution >= 0.6 is 0 Å². The third kappa shape index (κ3) is 5.53. The standard InChI is InChI=1S/C12H20O3/c1-4-5-7-12(10-14-2,11-15-3)8-6-9-13/h5,9H,1,6-8,10-11H2,2-3H3. The molecule has 0 aliphatic carbocycles. The van der Waals surface area contributed by atoms with Crippen molar-refractivity contribution in [3.05, 3.63) is 18.4 Å². The molecule has 0 radical (unpaired) electrons. The van der Waals surface area contributed by atoms with E-state index < -0.39 is 0 Å². The van der Waals surface area contributed by atoms with Crippen molar-refractivity contribution in [1.82, 2.24) is 0 Å². The van der Waals surface area contributed by atoms with E-state index >= 15 is 0 Å². The largest absolute Gasteiger partial charge is 0.384 e. The van der Waals surface area contributed by atoms with Gasteiger partial charge in [-0.05, 0) is 18.9 Å². The van der Waals surface area contributed by atoms with E-state index in [2.05, 4.69) is 12.3 Å². The van der Waals surface area contributed by atoms with Gasteiger partial charge in [-0.25, -0.2) is 0 Å². The highest BCUT2D eigenvalue weighted by Crippen LogP contribution is 2.29. The van der Waals surface area contributed by atoms with Crippen molar-refractivity contribution in [1.29, 1.82) is 0 Å². The smallest absolute Gasteiger partial charge is 0.120 e. The average molecular weight is 212 g/mol. The first-order valence-corrected chi connectivity index (χ1v) is 5.00. The highest BCUT2D eigenvalue weighted by Gasteiger charge is 2.28. The SMILES string of the molecule is C=C=CCC(CCC=O)(COC)COC. The number of carbonyl (C=O) groups excluding carboxylic acids is 1. The van der Waals surface area contributed by atoms with Crippen molar-refractivity contribution in [2.45, 2.75) is 19.3 Å². The maximum atomic E-state index is 10.4. The number of methoxy groups -OCH3 is 2. The van der Waals surface area contributed by atoms with Gasteiger partial charge in [-0.3, -0.25) is 0 Å². The number of rotatable bonds is 9. The Morgan fingerprint density at radius 2 is 1.93 bits per heavy atom. The van der Waals surface area contributed by atoms with Crippen LogP contribution < -0.4 is 0 Å². The van der Waals surface area contributed by atoms with Gasteiger partial charge < -0.3 is 14.3 Å². The van der Waals surface area contributed by atoms with Crippen LogP contribution in [0.25, 0.3) is 0 Å². The molecule has 0 amide bonds. The number of hydrogen-bond acceptors (Lipinski definition) is 3. The van der Waals surface area contributed by atoms with E-state index in [0.29, 0.717) is 19.6 Å². The molecule has 0 rings (SSSR count). The number of carbonyl (C=O) groups is 1. The Balaban J connectivity index is 4.52. The number of hydrogen-bond donors (Lipinski definition) is 0. The molecule has 3 nitrogen and oxygen atoms in total. The third-order valence-electron chi connectivity index (χ3n) is 2.37. The quantitative estimate of drug-likeness (QED) is 0.433. The molecule has 0 unspecified atom stereocenters. The zero-order chi connectivity index (χ0) is 11.6. The maximum Gasteiger partial charge on any atom is 0.120 e. The van der Waals surface area contributed by atoms with Crippen LogP contribution in [0.5, 0.6) is 0 Å². The molecule has 0 aromatic rings. The molecule has 0 saturated carbocycles. The molecular weight excluding hydrogens is 192 g/mol. The first kappa shape index (κ1) is 14.1. The van der Waals surface area contributed by atoms with Crippen molar-refractivity contribution in [2.75, 3.05) is 27.4 Å². The van der Waals surface area contributed by atoms with Gasteiger partial charge in [0, 0.05) is 26.1 Å². The number of aldehydes is 1. The number of allylic oxidation sites excluding steroid dienone is 1. The molecule has 0 N–H and O–H groups in total. The summed E-state index contributed by atoms with van der Waals surface area (Å²) in [7, 11) is 3.31. The summed E-state index contributed by atoms with van der Waals surface area (Å²) >= 11 is 0. The van der Waals surface area contributed by atoms with Crippen molar-refractivity contribution < 1.29 is 14.3 Å². The summed E-state index contributed by atoms with van der Waals surface area (Å²) in [5.41, 5.74) is 2.61. The Labute approximate surface area is 91.8 Å². The van der Waals surface area contributed by atoms with Gasteiger partial charge >= 0.3 is 0 Å². The fraction of sp³-hybridized carbons (Fsp3) is 0.667. The van der Waals surface area contributed by atoms with E-state index in [1.807, 2.05) is 6.08 Å². The first-order valence-electron chi connectivity index (χ1n) is 5.00. The lowest BCUT2D eigenvalue weighted by Crippen LogP contribution is -2.31. The molecule has 3 heteroatoms. The van der Waals surface area contributed by atoms with Crippen LogP contribution in [0.15, 0.2) is 18.4 Å². The molecular formula is C12H20O3. The van der Waals surface area contributed by atoms with Gasteiger partial charge in [-0.15, -0.1) is 5.73 Å². The zero-order valence-corrected chi connectivity index (χ0v) is 9.62. The van der Waals surface area contributed by atoms with Crippen molar-refractivity contribution in [3.63, 3.8) is 0 Å². The Hall–Kier alpha value is -0.890. The lowest BCUT2D eigenvalue weighted by atomic mass is 9.81. The molecule has 0 fully saturated rings. The second-order valence-electron chi connectivity index (χ2n) is 3.68. The molecule has 0 bridgehead atoms. The van der Waals surface area contributed by atoms with E-state index in [9.17, 15) is 4.79 Å². The summed E-state index contributed by atoms with van der Waals surface area (Å²) < 4.78 is 10.4. The van der Waals surface area contributed by atoms with Crippen LogP contribution in [0.3, 0.4) is 0 Å². The van der Waals surface area contributed by atoms with Crippen molar-refractivity contribution >= 4 is 6.29 Å². The predicted molar refractivity (Wildman–Crippen MR) is 59.8 cm³/mol. The summed E-state index contributed by atoms with van der Waals surface area (Å²) in [6.45, 7) is 4.69. The predicted octanol–water partition coefficient (Wildman–Crippen LogP) is 1.98.